The molecule has 0 saturated carbocycles. The van der Waals surface area contributed by atoms with Gasteiger partial charge < -0.3 is 20.3 Å². The number of ether oxygens (including phenoxy) is 1. The van der Waals surface area contributed by atoms with Crippen LogP contribution in [0.15, 0.2) is 18.2 Å². The molecular formula is C15H21N3O2. The van der Waals surface area contributed by atoms with Crippen LogP contribution in [0.3, 0.4) is 0 Å². The SMILES string of the molecule is COc1ccc(NC(=O)N2C[C@@H]3CCN[C@@H]3C2)c(C)c1. The summed E-state index contributed by atoms with van der Waals surface area (Å²) < 4.78 is 5.17. The molecule has 0 bridgehead atoms. The highest BCUT2D eigenvalue weighted by atomic mass is 16.5. The Labute approximate surface area is 119 Å². The van der Waals surface area contributed by atoms with Gasteiger partial charge >= 0.3 is 6.03 Å². The third-order valence-electron chi connectivity index (χ3n) is 4.33. The van der Waals surface area contributed by atoms with E-state index < -0.39 is 0 Å². The van der Waals surface area contributed by atoms with Crippen molar-refractivity contribution in [3.05, 3.63) is 23.8 Å². The Morgan fingerprint density at radius 1 is 1.45 bits per heavy atom. The fourth-order valence-electron chi connectivity index (χ4n) is 3.11. The minimum absolute atomic E-state index is 0.00512. The quantitative estimate of drug-likeness (QED) is 0.866. The number of carbonyl (C=O) groups excluding carboxylic acids is 1. The summed E-state index contributed by atoms with van der Waals surface area (Å²) in [4.78, 5) is 14.2. The highest BCUT2D eigenvalue weighted by Crippen LogP contribution is 2.26. The van der Waals surface area contributed by atoms with Gasteiger partial charge in [0.15, 0.2) is 0 Å². The van der Waals surface area contributed by atoms with Crippen LogP contribution in [-0.2, 0) is 0 Å². The van der Waals surface area contributed by atoms with Crippen LogP contribution in [0.1, 0.15) is 12.0 Å². The van der Waals surface area contributed by atoms with E-state index in [0.29, 0.717) is 12.0 Å². The Balaban J connectivity index is 1.64. The molecule has 0 spiro atoms. The zero-order valence-electron chi connectivity index (χ0n) is 12.0. The van der Waals surface area contributed by atoms with Crippen molar-refractivity contribution in [2.45, 2.75) is 19.4 Å². The summed E-state index contributed by atoms with van der Waals surface area (Å²) in [6.45, 7) is 4.73. The maximum Gasteiger partial charge on any atom is 0.321 e. The van der Waals surface area contributed by atoms with Crippen molar-refractivity contribution in [3.8, 4) is 5.75 Å². The van der Waals surface area contributed by atoms with Crippen LogP contribution in [-0.4, -0.2) is 43.7 Å². The van der Waals surface area contributed by atoms with E-state index in [9.17, 15) is 4.79 Å². The summed E-state index contributed by atoms with van der Waals surface area (Å²) in [6.07, 6.45) is 1.18. The first-order valence-corrected chi connectivity index (χ1v) is 7.11. The van der Waals surface area contributed by atoms with Gasteiger partial charge in [0.2, 0.25) is 0 Å². The van der Waals surface area contributed by atoms with Crippen LogP contribution in [0, 0.1) is 12.8 Å². The summed E-state index contributed by atoms with van der Waals surface area (Å²) in [5, 5.41) is 6.45. The zero-order valence-corrected chi connectivity index (χ0v) is 12.0. The number of benzene rings is 1. The van der Waals surface area contributed by atoms with Gasteiger partial charge in [-0.3, -0.25) is 0 Å². The third-order valence-corrected chi connectivity index (χ3v) is 4.33. The molecule has 2 heterocycles. The van der Waals surface area contributed by atoms with Gasteiger partial charge in [-0.1, -0.05) is 0 Å². The van der Waals surface area contributed by atoms with E-state index in [0.717, 1.165) is 36.6 Å². The average molecular weight is 275 g/mol. The zero-order chi connectivity index (χ0) is 14.1. The van der Waals surface area contributed by atoms with Crippen LogP contribution in [0.4, 0.5) is 10.5 Å². The van der Waals surface area contributed by atoms with Crippen LogP contribution in [0.25, 0.3) is 0 Å². The number of methoxy groups -OCH3 is 1. The van der Waals surface area contributed by atoms with Gasteiger partial charge in [-0.2, -0.15) is 0 Å². The van der Waals surface area contributed by atoms with Crippen molar-refractivity contribution in [2.75, 3.05) is 32.1 Å². The highest BCUT2D eigenvalue weighted by molar-refractivity contribution is 5.90. The Morgan fingerprint density at radius 3 is 3.00 bits per heavy atom. The molecule has 0 aliphatic carbocycles. The Bertz CT molecular complexity index is 506. The summed E-state index contributed by atoms with van der Waals surface area (Å²) in [5.74, 6) is 1.43. The van der Waals surface area contributed by atoms with E-state index >= 15 is 0 Å². The number of aryl methyl sites for hydroxylation is 1. The molecule has 2 N–H and O–H groups in total. The number of hydrogen-bond donors (Lipinski definition) is 2. The molecule has 5 heteroatoms. The largest absolute Gasteiger partial charge is 0.497 e. The number of carbonyl (C=O) groups is 1. The van der Waals surface area contributed by atoms with Crippen LogP contribution in [0.2, 0.25) is 0 Å². The first kappa shape index (κ1) is 13.2. The number of rotatable bonds is 2. The molecule has 2 saturated heterocycles. The lowest BCUT2D eigenvalue weighted by Gasteiger charge is -2.19. The molecule has 108 valence electrons. The molecule has 2 amide bonds. The molecule has 2 aliphatic heterocycles. The monoisotopic (exact) mass is 275 g/mol. The standard InChI is InChI=1S/C15H21N3O2/c1-10-7-12(20-2)3-4-13(10)17-15(19)18-8-11-5-6-16-14(11)9-18/h3-4,7,11,14,16H,5-6,8-9H2,1-2H3,(H,17,19)/t11-,14+/m0/s1. The molecular weight excluding hydrogens is 254 g/mol. The average Bonchev–Trinajstić information content (AvgIpc) is 3.01. The minimum atomic E-state index is -0.00512. The number of anilines is 1. The molecule has 2 fully saturated rings. The Kier molecular flexibility index (Phi) is 3.53. The second-order valence-corrected chi connectivity index (χ2v) is 5.63. The smallest absolute Gasteiger partial charge is 0.321 e. The fourth-order valence-corrected chi connectivity index (χ4v) is 3.11. The molecule has 2 atom stereocenters. The summed E-state index contributed by atoms with van der Waals surface area (Å²) in [7, 11) is 1.64. The van der Waals surface area contributed by atoms with Gasteiger partial charge in [-0.05, 0) is 49.6 Å². The van der Waals surface area contributed by atoms with Crippen molar-refractivity contribution in [2.24, 2.45) is 5.92 Å². The molecule has 0 unspecified atom stereocenters. The second kappa shape index (κ2) is 5.32. The predicted octanol–water partition coefficient (Wildman–Crippen LogP) is 1.83. The lowest BCUT2D eigenvalue weighted by atomic mass is 10.1. The predicted molar refractivity (Wildman–Crippen MR) is 78.2 cm³/mol. The molecule has 1 aromatic rings. The molecule has 2 aliphatic rings. The molecule has 3 rings (SSSR count). The minimum Gasteiger partial charge on any atom is -0.497 e. The van der Waals surface area contributed by atoms with Crippen LogP contribution < -0.4 is 15.4 Å². The summed E-state index contributed by atoms with van der Waals surface area (Å²) in [5.41, 5.74) is 1.86. The maximum absolute atomic E-state index is 12.3. The number of likely N-dealkylation sites (tertiary alicyclic amines) is 1. The molecule has 0 radical (unpaired) electrons. The first-order valence-electron chi connectivity index (χ1n) is 7.11. The first-order chi connectivity index (χ1) is 9.67. The van der Waals surface area contributed by atoms with Crippen LogP contribution >= 0.6 is 0 Å². The topological polar surface area (TPSA) is 53.6 Å². The molecule has 20 heavy (non-hydrogen) atoms. The van der Waals surface area contributed by atoms with E-state index in [1.807, 2.05) is 30.0 Å². The number of hydrogen-bond acceptors (Lipinski definition) is 3. The number of urea groups is 1. The number of fused-ring (bicyclic) bond motifs is 1. The second-order valence-electron chi connectivity index (χ2n) is 5.63. The highest BCUT2D eigenvalue weighted by Gasteiger charge is 2.37. The van der Waals surface area contributed by atoms with Crippen LogP contribution in [0.5, 0.6) is 5.75 Å². The van der Waals surface area contributed by atoms with Gasteiger partial charge in [0, 0.05) is 24.8 Å². The maximum atomic E-state index is 12.3. The lowest BCUT2D eigenvalue weighted by molar-refractivity contribution is 0.219. The van der Waals surface area contributed by atoms with Gasteiger partial charge in [-0.15, -0.1) is 0 Å². The Hall–Kier alpha value is -1.75. The number of nitrogens with zero attached hydrogens (tertiary/aromatic N) is 1. The fraction of sp³-hybridized carbons (Fsp3) is 0.533. The lowest BCUT2D eigenvalue weighted by Crippen LogP contribution is -2.36. The molecule has 0 aromatic heterocycles. The van der Waals surface area contributed by atoms with Gasteiger partial charge in [0.25, 0.3) is 0 Å². The molecule has 1 aromatic carbocycles. The number of amides is 2. The summed E-state index contributed by atoms with van der Waals surface area (Å²) >= 11 is 0. The van der Waals surface area contributed by atoms with Crippen molar-refractivity contribution >= 4 is 11.7 Å². The normalized spacial score (nSPS) is 24.6. The summed E-state index contributed by atoms with van der Waals surface area (Å²) in [6, 6.07) is 6.16. The van der Waals surface area contributed by atoms with Crippen molar-refractivity contribution in [1.82, 2.24) is 10.2 Å². The van der Waals surface area contributed by atoms with Crippen molar-refractivity contribution in [1.29, 1.82) is 0 Å². The van der Waals surface area contributed by atoms with E-state index in [2.05, 4.69) is 10.6 Å². The van der Waals surface area contributed by atoms with Crippen molar-refractivity contribution < 1.29 is 9.53 Å². The number of nitrogens with one attached hydrogen (secondary N) is 2. The van der Waals surface area contributed by atoms with E-state index in [4.69, 9.17) is 4.74 Å². The van der Waals surface area contributed by atoms with E-state index in [1.165, 1.54) is 6.42 Å². The van der Waals surface area contributed by atoms with E-state index in [-0.39, 0.29) is 6.03 Å². The van der Waals surface area contributed by atoms with Gasteiger partial charge in [0.05, 0.1) is 7.11 Å². The Morgan fingerprint density at radius 2 is 2.30 bits per heavy atom. The third kappa shape index (κ3) is 2.45. The van der Waals surface area contributed by atoms with Crippen molar-refractivity contribution in [3.63, 3.8) is 0 Å². The van der Waals surface area contributed by atoms with Gasteiger partial charge in [-0.25, -0.2) is 4.79 Å². The molecule has 5 nitrogen and oxygen atoms in total. The van der Waals surface area contributed by atoms with E-state index in [1.54, 1.807) is 7.11 Å². The van der Waals surface area contributed by atoms with Gasteiger partial charge in [0.1, 0.15) is 5.75 Å².